The molecule has 0 amide bonds. The highest BCUT2D eigenvalue weighted by Crippen LogP contribution is 2.25. The number of para-hydroxylation sites is 2. The molecule has 4 rings (SSSR count). The maximum Gasteiger partial charge on any atom is 0.176 e. The van der Waals surface area contributed by atoms with E-state index >= 15 is 0 Å². The number of hydrogen-bond acceptors (Lipinski definition) is 7. The molecule has 0 aliphatic heterocycles. The predicted molar refractivity (Wildman–Crippen MR) is 148 cm³/mol. The normalized spacial score (nSPS) is 9.87. The summed E-state index contributed by atoms with van der Waals surface area (Å²) in [6, 6.07) is 29.6. The average Bonchev–Trinajstić information content (AvgIpc) is 2.95. The number of nitrogens with one attached hydrogen (secondary N) is 3. The van der Waals surface area contributed by atoms with Crippen LogP contribution >= 0.6 is 12.2 Å². The van der Waals surface area contributed by atoms with Crippen molar-refractivity contribution in [3.63, 3.8) is 0 Å². The van der Waals surface area contributed by atoms with Gasteiger partial charge in [0, 0.05) is 5.56 Å². The van der Waals surface area contributed by atoms with Crippen LogP contribution in [-0.4, -0.2) is 21.9 Å². The molecular formula is C28H20FN7OS. The Kier molecular flexibility index (Phi) is 8.53. The molecule has 0 spiro atoms. The zero-order valence-corrected chi connectivity index (χ0v) is 20.7. The zero-order chi connectivity index (χ0) is 26.7. The first-order valence-electron chi connectivity index (χ1n) is 11.3. The fourth-order valence-electron chi connectivity index (χ4n) is 3.31. The number of halogens is 1. The van der Waals surface area contributed by atoms with Crippen molar-refractivity contribution in [2.24, 2.45) is 0 Å². The summed E-state index contributed by atoms with van der Waals surface area (Å²) in [6.07, 6.45) is 0. The lowest BCUT2D eigenvalue weighted by Gasteiger charge is -2.17. The molecule has 186 valence electrons. The Balaban J connectivity index is 1.45. The summed E-state index contributed by atoms with van der Waals surface area (Å²) in [5.74, 6) is 0.443. The summed E-state index contributed by atoms with van der Waals surface area (Å²) in [6.45, 7) is -0.123. The molecule has 0 atom stereocenters. The van der Waals surface area contributed by atoms with E-state index in [2.05, 4.69) is 26.1 Å². The first kappa shape index (κ1) is 25.8. The summed E-state index contributed by atoms with van der Waals surface area (Å²) in [4.78, 5) is 0. The van der Waals surface area contributed by atoms with E-state index in [-0.39, 0.29) is 23.0 Å². The van der Waals surface area contributed by atoms with Crippen molar-refractivity contribution >= 4 is 34.5 Å². The monoisotopic (exact) mass is 521 g/mol. The number of hydrogen-bond donors (Lipinski definition) is 3. The smallest absolute Gasteiger partial charge is 0.176 e. The number of aromatic nitrogens is 2. The number of benzene rings is 3. The lowest BCUT2D eigenvalue weighted by Crippen LogP contribution is -2.21. The van der Waals surface area contributed by atoms with E-state index in [1.165, 1.54) is 24.3 Å². The Labute approximate surface area is 224 Å². The van der Waals surface area contributed by atoms with Gasteiger partial charge < -0.3 is 20.7 Å². The summed E-state index contributed by atoms with van der Waals surface area (Å²) in [7, 11) is 0. The SMILES string of the molecule is N#CC(C#N)=C(COc1ccc(F)cc1)Nc1ccccc1NC(=S)Nc1ccc(-c2ccccc2)nn1. The van der Waals surface area contributed by atoms with Crippen LogP contribution in [0.25, 0.3) is 11.3 Å². The average molecular weight is 522 g/mol. The number of nitrogens with zero attached hydrogens (tertiary/aromatic N) is 4. The minimum absolute atomic E-state index is 0.123. The molecule has 0 bridgehead atoms. The Morgan fingerprint density at radius 2 is 1.45 bits per heavy atom. The van der Waals surface area contributed by atoms with Gasteiger partial charge >= 0.3 is 0 Å². The molecule has 0 saturated carbocycles. The van der Waals surface area contributed by atoms with Crippen molar-refractivity contribution in [3.05, 3.63) is 108 Å². The second-order valence-corrected chi connectivity index (χ2v) is 8.15. The van der Waals surface area contributed by atoms with Crippen molar-refractivity contribution < 1.29 is 9.13 Å². The van der Waals surface area contributed by atoms with Crippen molar-refractivity contribution in [3.8, 4) is 29.1 Å². The topological polar surface area (TPSA) is 119 Å². The molecule has 0 saturated heterocycles. The van der Waals surface area contributed by atoms with Crippen molar-refractivity contribution in [1.29, 1.82) is 10.5 Å². The Morgan fingerprint density at radius 3 is 2.08 bits per heavy atom. The van der Waals surface area contributed by atoms with E-state index in [0.717, 1.165) is 11.3 Å². The molecule has 38 heavy (non-hydrogen) atoms. The minimum Gasteiger partial charge on any atom is -0.487 e. The van der Waals surface area contributed by atoms with E-state index < -0.39 is 5.82 Å². The van der Waals surface area contributed by atoms with Gasteiger partial charge in [-0.3, -0.25) is 0 Å². The van der Waals surface area contributed by atoms with Gasteiger partial charge in [0.25, 0.3) is 0 Å². The second kappa shape index (κ2) is 12.6. The van der Waals surface area contributed by atoms with Gasteiger partial charge in [-0.25, -0.2) is 4.39 Å². The van der Waals surface area contributed by atoms with Crippen molar-refractivity contribution in [2.45, 2.75) is 0 Å². The molecule has 3 aromatic carbocycles. The van der Waals surface area contributed by atoms with Crippen LogP contribution in [0.3, 0.4) is 0 Å². The first-order chi connectivity index (χ1) is 18.6. The number of allylic oxidation sites excluding steroid dienone is 1. The van der Waals surface area contributed by atoms with Crippen LogP contribution < -0.4 is 20.7 Å². The fourth-order valence-corrected chi connectivity index (χ4v) is 3.53. The number of anilines is 3. The molecule has 3 N–H and O–H groups in total. The lowest BCUT2D eigenvalue weighted by atomic mass is 10.1. The molecule has 4 aromatic rings. The number of rotatable bonds is 8. The van der Waals surface area contributed by atoms with E-state index in [4.69, 9.17) is 17.0 Å². The van der Waals surface area contributed by atoms with Crippen LogP contribution in [0.2, 0.25) is 0 Å². The standard InChI is InChI=1S/C28H20FN7OS/c29-21-10-12-22(13-11-21)37-18-26(20(16-30)17-31)32-24-8-4-5-9-25(24)33-28(38)34-27-15-14-23(35-36-27)19-6-2-1-3-7-19/h1-15,32H,18H2,(H2,33,34,36,38). The highest BCUT2D eigenvalue weighted by atomic mass is 32.1. The highest BCUT2D eigenvalue weighted by molar-refractivity contribution is 7.80. The molecule has 0 unspecified atom stereocenters. The number of nitriles is 2. The first-order valence-corrected chi connectivity index (χ1v) is 11.7. The van der Waals surface area contributed by atoms with Gasteiger partial charge in [0.2, 0.25) is 0 Å². The van der Waals surface area contributed by atoms with Gasteiger partial charge in [-0.05, 0) is 60.7 Å². The summed E-state index contributed by atoms with van der Waals surface area (Å²) < 4.78 is 18.9. The van der Waals surface area contributed by atoms with Gasteiger partial charge in [0.1, 0.15) is 30.3 Å². The Morgan fingerprint density at radius 1 is 0.789 bits per heavy atom. The van der Waals surface area contributed by atoms with Crippen LogP contribution in [0, 0.1) is 28.5 Å². The summed E-state index contributed by atoms with van der Waals surface area (Å²) >= 11 is 5.45. The molecule has 0 aliphatic rings. The van der Waals surface area contributed by atoms with Crippen molar-refractivity contribution in [2.75, 3.05) is 22.6 Å². The van der Waals surface area contributed by atoms with Crippen LogP contribution in [-0.2, 0) is 0 Å². The maximum atomic E-state index is 13.2. The molecule has 0 aliphatic carbocycles. The van der Waals surface area contributed by atoms with E-state index in [1.807, 2.05) is 48.5 Å². The maximum absolute atomic E-state index is 13.2. The molecular weight excluding hydrogens is 501 g/mol. The van der Waals surface area contributed by atoms with E-state index in [0.29, 0.717) is 22.9 Å². The third kappa shape index (κ3) is 6.88. The second-order valence-electron chi connectivity index (χ2n) is 7.74. The Bertz CT molecular complexity index is 1510. The largest absolute Gasteiger partial charge is 0.487 e. The van der Waals surface area contributed by atoms with Crippen molar-refractivity contribution in [1.82, 2.24) is 10.2 Å². The van der Waals surface area contributed by atoms with Crippen LogP contribution in [0.1, 0.15) is 0 Å². The van der Waals surface area contributed by atoms with Crippen LogP contribution in [0.15, 0.2) is 102 Å². The summed E-state index contributed by atoms with van der Waals surface area (Å²) in [5, 5.41) is 36.7. The molecule has 1 aromatic heterocycles. The third-order valence-electron chi connectivity index (χ3n) is 5.16. The molecule has 8 nitrogen and oxygen atoms in total. The van der Waals surface area contributed by atoms with E-state index in [9.17, 15) is 14.9 Å². The molecule has 10 heteroatoms. The lowest BCUT2D eigenvalue weighted by molar-refractivity contribution is 0.352. The Hall–Kier alpha value is -5.32. The number of ether oxygens (including phenoxy) is 1. The van der Waals surface area contributed by atoms with Gasteiger partial charge in [0.15, 0.2) is 16.5 Å². The molecule has 1 heterocycles. The van der Waals surface area contributed by atoms with Crippen LogP contribution in [0.5, 0.6) is 5.75 Å². The van der Waals surface area contributed by atoms with Crippen LogP contribution in [0.4, 0.5) is 21.6 Å². The van der Waals surface area contributed by atoms with E-state index in [1.54, 1.807) is 30.3 Å². The molecule has 0 fully saturated rings. The number of thiocarbonyl (C=S) groups is 1. The van der Waals surface area contributed by atoms with Gasteiger partial charge in [0.05, 0.1) is 22.8 Å². The zero-order valence-electron chi connectivity index (χ0n) is 19.9. The highest BCUT2D eigenvalue weighted by Gasteiger charge is 2.12. The predicted octanol–water partition coefficient (Wildman–Crippen LogP) is 5.88. The quantitative estimate of drug-likeness (QED) is 0.193. The third-order valence-corrected chi connectivity index (χ3v) is 5.36. The van der Waals surface area contributed by atoms with Gasteiger partial charge in [-0.1, -0.05) is 42.5 Å². The van der Waals surface area contributed by atoms with Gasteiger partial charge in [-0.2, -0.15) is 10.5 Å². The van der Waals surface area contributed by atoms with Gasteiger partial charge in [-0.15, -0.1) is 10.2 Å². The molecule has 0 radical (unpaired) electrons. The minimum atomic E-state index is -0.399. The fraction of sp³-hybridized carbons (Fsp3) is 0.0357. The summed E-state index contributed by atoms with van der Waals surface area (Å²) in [5.41, 5.74) is 2.88.